The molecule has 0 N–H and O–H groups in total. The van der Waals surface area contributed by atoms with Gasteiger partial charge in [0.05, 0.1) is 0 Å². The summed E-state index contributed by atoms with van der Waals surface area (Å²) in [5.74, 6) is 0.442. The van der Waals surface area contributed by atoms with Crippen LogP contribution in [0.25, 0.3) is 0 Å². The number of carbonyl (C=O) groups is 1. The van der Waals surface area contributed by atoms with Crippen molar-refractivity contribution in [3.05, 3.63) is 0 Å². The molecule has 1 atom stereocenters. The van der Waals surface area contributed by atoms with Crippen LogP contribution in [0.5, 0.6) is 0 Å². The van der Waals surface area contributed by atoms with Gasteiger partial charge in [-0.05, 0) is 40.5 Å². The van der Waals surface area contributed by atoms with Crippen LogP contribution in [0.4, 0.5) is 4.79 Å². The maximum atomic E-state index is 11.8. The number of rotatable bonds is 3. The molecule has 0 radical (unpaired) electrons. The lowest BCUT2D eigenvalue weighted by Gasteiger charge is -2.32. The Morgan fingerprint density at radius 3 is 2.00 bits per heavy atom. The van der Waals surface area contributed by atoms with Crippen molar-refractivity contribution < 1.29 is 9.53 Å². The highest BCUT2D eigenvalue weighted by Crippen LogP contribution is 2.15. The maximum absolute atomic E-state index is 11.8. The van der Waals surface area contributed by atoms with Crippen molar-refractivity contribution in [3.63, 3.8) is 0 Å². The van der Waals surface area contributed by atoms with E-state index in [1.165, 1.54) is 0 Å². The van der Waals surface area contributed by atoms with Gasteiger partial charge in [-0.2, -0.15) is 0 Å². The molecule has 0 aromatic carbocycles. The molecule has 1 amide bonds. The molecule has 0 saturated heterocycles. The van der Waals surface area contributed by atoms with Crippen molar-refractivity contribution in [2.45, 2.75) is 60.1 Å². The van der Waals surface area contributed by atoms with Gasteiger partial charge < -0.3 is 9.64 Å². The van der Waals surface area contributed by atoms with Gasteiger partial charge in [0.25, 0.3) is 0 Å². The van der Waals surface area contributed by atoms with Crippen LogP contribution in [-0.2, 0) is 4.74 Å². The Balaban J connectivity index is 4.48. The molecule has 0 fully saturated rings. The second-order valence-electron chi connectivity index (χ2n) is 5.25. The Morgan fingerprint density at radius 2 is 1.73 bits per heavy atom. The Labute approximate surface area is 93.8 Å². The summed E-state index contributed by atoms with van der Waals surface area (Å²) in [6.45, 7) is 14.6. The minimum absolute atomic E-state index is 0.213. The molecule has 3 heteroatoms. The fourth-order valence-corrected chi connectivity index (χ4v) is 1.26. The average molecular weight is 215 g/mol. The van der Waals surface area contributed by atoms with Gasteiger partial charge in [0, 0.05) is 12.6 Å². The van der Waals surface area contributed by atoms with Gasteiger partial charge in [-0.25, -0.2) is 4.79 Å². The fraction of sp³-hybridized carbons (Fsp3) is 0.917. The van der Waals surface area contributed by atoms with Gasteiger partial charge in [-0.15, -0.1) is 0 Å². The van der Waals surface area contributed by atoms with Crippen LogP contribution < -0.4 is 0 Å². The van der Waals surface area contributed by atoms with Crippen molar-refractivity contribution >= 4 is 6.09 Å². The van der Waals surface area contributed by atoms with Gasteiger partial charge in [-0.3, -0.25) is 0 Å². The van der Waals surface area contributed by atoms with Crippen molar-refractivity contribution in [1.29, 1.82) is 0 Å². The minimum Gasteiger partial charge on any atom is -0.444 e. The molecule has 90 valence electrons. The largest absolute Gasteiger partial charge is 0.444 e. The zero-order valence-corrected chi connectivity index (χ0v) is 11.1. The van der Waals surface area contributed by atoms with Crippen LogP contribution in [0.1, 0.15) is 48.5 Å². The number of nitrogens with zero attached hydrogens (tertiary/aromatic N) is 1. The standard InChI is InChI=1S/C12H25NO2/c1-8-13(10(4)9(2)3)11(14)15-12(5,6)7/h9-10H,8H2,1-7H3/t10-/m0/s1. The summed E-state index contributed by atoms with van der Waals surface area (Å²) in [5, 5.41) is 0. The number of amides is 1. The molecule has 0 aliphatic rings. The first kappa shape index (κ1) is 14.3. The number of ether oxygens (including phenoxy) is 1. The number of hydrogen-bond donors (Lipinski definition) is 0. The number of carbonyl (C=O) groups excluding carboxylic acids is 1. The third-order valence-corrected chi connectivity index (χ3v) is 2.43. The van der Waals surface area contributed by atoms with Crippen LogP contribution in [0, 0.1) is 5.92 Å². The molecule has 0 aliphatic carbocycles. The van der Waals surface area contributed by atoms with E-state index in [4.69, 9.17) is 4.74 Å². The monoisotopic (exact) mass is 215 g/mol. The molecule has 0 rings (SSSR count). The van der Waals surface area contributed by atoms with Gasteiger partial charge in [-0.1, -0.05) is 13.8 Å². The van der Waals surface area contributed by atoms with Gasteiger partial charge >= 0.3 is 6.09 Å². The summed E-state index contributed by atoms with van der Waals surface area (Å²) in [7, 11) is 0. The zero-order chi connectivity index (χ0) is 12.2. The first-order valence-corrected chi connectivity index (χ1v) is 5.68. The molecule has 0 aliphatic heterocycles. The maximum Gasteiger partial charge on any atom is 0.410 e. The van der Waals surface area contributed by atoms with Crippen LogP contribution >= 0.6 is 0 Å². The number of hydrogen-bond acceptors (Lipinski definition) is 2. The summed E-state index contributed by atoms with van der Waals surface area (Å²) in [5.41, 5.74) is -0.415. The van der Waals surface area contributed by atoms with Gasteiger partial charge in [0.1, 0.15) is 5.60 Å². The van der Waals surface area contributed by atoms with Crippen molar-refractivity contribution in [1.82, 2.24) is 4.90 Å². The molecule has 0 bridgehead atoms. The molecule has 0 unspecified atom stereocenters. The predicted octanol–water partition coefficient (Wildman–Crippen LogP) is 3.29. The second-order valence-corrected chi connectivity index (χ2v) is 5.25. The smallest absolute Gasteiger partial charge is 0.410 e. The molecule has 15 heavy (non-hydrogen) atoms. The summed E-state index contributed by atoms with van der Waals surface area (Å²) in [4.78, 5) is 13.6. The minimum atomic E-state index is -0.415. The quantitative estimate of drug-likeness (QED) is 0.723. The Hall–Kier alpha value is -0.730. The van der Waals surface area contributed by atoms with Crippen molar-refractivity contribution in [2.24, 2.45) is 5.92 Å². The van der Waals surface area contributed by atoms with E-state index in [1.807, 2.05) is 27.7 Å². The molecule has 0 saturated carbocycles. The highest BCUT2D eigenvalue weighted by molar-refractivity contribution is 5.68. The molecule has 0 spiro atoms. The zero-order valence-electron chi connectivity index (χ0n) is 11.1. The molecule has 0 aromatic rings. The van der Waals surface area contributed by atoms with Crippen LogP contribution in [0.15, 0.2) is 0 Å². The first-order chi connectivity index (χ1) is 6.69. The first-order valence-electron chi connectivity index (χ1n) is 5.68. The molecule has 3 nitrogen and oxygen atoms in total. The lowest BCUT2D eigenvalue weighted by molar-refractivity contribution is 0.0146. The highest BCUT2D eigenvalue weighted by atomic mass is 16.6. The predicted molar refractivity (Wildman–Crippen MR) is 62.9 cm³/mol. The van der Waals surface area contributed by atoms with E-state index in [-0.39, 0.29) is 12.1 Å². The third kappa shape index (κ3) is 5.05. The molecular weight excluding hydrogens is 190 g/mol. The van der Waals surface area contributed by atoms with E-state index < -0.39 is 5.60 Å². The Kier molecular flexibility index (Phi) is 5.12. The second kappa shape index (κ2) is 5.38. The van der Waals surface area contributed by atoms with Crippen molar-refractivity contribution in [2.75, 3.05) is 6.54 Å². The third-order valence-electron chi connectivity index (χ3n) is 2.43. The Bertz CT molecular complexity index is 206. The van der Waals surface area contributed by atoms with Crippen LogP contribution in [-0.4, -0.2) is 29.2 Å². The van der Waals surface area contributed by atoms with E-state index in [0.717, 1.165) is 0 Å². The molecular formula is C12H25NO2. The summed E-state index contributed by atoms with van der Waals surface area (Å²) < 4.78 is 5.35. The van der Waals surface area contributed by atoms with Crippen LogP contribution in [0.3, 0.4) is 0 Å². The summed E-state index contributed by atoms with van der Waals surface area (Å²) in [6, 6.07) is 0.213. The highest BCUT2D eigenvalue weighted by Gasteiger charge is 2.25. The average Bonchev–Trinajstić information content (AvgIpc) is 2.01. The van der Waals surface area contributed by atoms with Gasteiger partial charge in [0.2, 0.25) is 0 Å². The van der Waals surface area contributed by atoms with E-state index in [0.29, 0.717) is 12.5 Å². The fourth-order valence-electron chi connectivity index (χ4n) is 1.26. The normalized spacial score (nSPS) is 13.9. The van der Waals surface area contributed by atoms with Crippen LogP contribution in [0.2, 0.25) is 0 Å². The van der Waals surface area contributed by atoms with E-state index in [2.05, 4.69) is 20.8 Å². The Morgan fingerprint density at radius 1 is 1.27 bits per heavy atom. The molecule has 0 heterocycles. The van der Waals surface area contributed by atoms with Crippen molar-refractivity contribution in [3.8, 4) is 0 Å². The topological polar surface area (TPSA) is 29.5 Å². The summed E-state index contributed by atoms with van der Waals surface area (Å²) in [6.07, 6.45) is -0.216. The van der Waals surface area contributed by atoms with E-state index >= 15 is 0 Å². The SMILES string of the molecule is CCN(C(=O)OC(C)(C)C)[C@@H](C)C(C)C. The van der Waals surface area contributed by atoms with E-state index in [9.17, 15) is 4.79 Å². The van der Waals surface area contributed by atoms with E-state index in [1.54, 1.807) is 4.90 Å². The summed E-state index contributed by atoms with van der Waals surface area (Å²) >= 11 is 0. The lowest BCUT2D eigenvalue weighted by Crippen LogP contribution is -2.44. The lowest BCUT2D eigenvalue weighted by atomic mass is 10.1. The molecule has 0 aromatic heterocycles. The van der Waals surface area contributed by atoms with Gasteiger partial charge in [0.15, 0.2) is 0 Å².